The summed E-state index contributed by atoms with van der Waals surface area (Å²) >= 11 is 0. The van der Waals surface area contributed by atoms with Gasteiger partial charge in [0.15, 0.2) is 0 Å². The van der Waals surface area contributed by atoms with E-state index in [-0.39, 0.29) is 11.9 Å². The van der Waals surface area contributed by atoms with Gasteiger partial charge >= 0.3 is 0 Å². The van der Waals surface area contributed by atoms with Crippen LogP contribution >= 0.6 is 0 Å². The number of benzene rings is 1. The number of rotatable bonds is 5. The Morgan fingerprint density at radius 3 is 2.63 bits per heavy atom. The van der Waals surface area contributed by atoms with Crippen LogP contribution in [0.5, 0.6) is 5.75 Å². The molecular weight excluding hydrogens is 241 g/mol. The second-order valence-electron chi connectivity index (χ2n) is 6.30. The third-order valence-electron chi connectivity index (χ3n) is 4.60. The summed E-state index contributed by atoms with van der Waals surface area (Å²) in [4.78, 5) is 0. The van der Waals surface area contributed by atoms with Crippen LogP contribution in [0.15, 0.2) is 18.2 Å². The molecule has 0 radical (unpaired) electrons. The van der Waals surface area contributed by atoms with Crippen molar-refractivity contribution in [1.29, 1.82) is 0 Å². The van der Waals surface area contributed by atoms with Gasteiger partial charge in [0.05, 0.1) is 0 Å². The third-order valence-corrected chi connectivity index (χ3v) is 4.60. The highest BCUT2D eigenvalue weighted by atomic mass is 19.1. The molecule has 1 atom stereocenters. The number of hydrogen-bond acceptors (Lipinski definition) is 2. The molecule has 0 amide bonds. The van der Waals surface area contributed by atoms with Crippen LogP contribution in [0.2, 0.25) is 0 Å². The van der Waals surface area contributed by atoms with Crippen LogP contribution in [0, 0.1) is 17.7 Å². The standard InChI is InChI=1S/C16H20FNO/c17-13-5-6-15-12(7-13)8-14(19-15)9-18-16(10-1-2-10)11-3-4-11/h5-7,10-11,14,16,18H,1-4,8-9H2. The molecule has 1 aromatic carbocycles. The molecule has 2 saturated carbocycles. The van der Waals surface area contributed by atoms with Crippen molar-refractivity contribution < 1.29 is 9.13 Å². The monoisotopic (exact) mass is 261 g/mol. The van der Waals surface area contributed by atoms with E-state index in [1.165, 1.54) is 31.7 Å². The molecule has 1 aromatic rings. The molecule has 2 nitrogen and oxygen atoms in total. The Morgan fingerprint density at radius 1 is 1.21 bits per heavy atom. The quantitative estimate of drug-likeness (QED) is 0.880. The van der Waals surface area contributed by atoms with E-state index in [1.54, 1.807) is 12.1 Å². The average Bonchev–Trinajstić information content (AvgIpc) is 3.28. The molecule has 1 heterocycles. The van der Waals surface area contributed by atoms with E-state index in [1.807, 2.05) is 0 Å². The van der Waals surface area contributed by atoms with Crippen molar-refractivity contribution in [2.45, 2.75) is 44.2 Å². The van der Waals surface area contributed by atoms with Crippen LogP contribution in [-0.2, 0) is 6.42 Å². The van der Waals surface area contributed by atoms with Crippen LogP contribution in [0.4, 0.5) is 4.39 Å². The van der Waals surface area contributed by atoms with E-state index in [4.69, 9.17) is 4.74 Å². The molecule has 1 aliphatic heterocycles. The van der Waals surface area contributed by atoms with E-state index in [0.717, 1.165) is 36.1 Å². The number of nitrogens with one attached hydrogen (secondary N) is 1. The van der Waals surface area contributed by atoms with Gasteiger partial charge in [0.1, 0.15) is 17.7 Å². The summed E-state index contributed by atoms with van der Waals surface area (Å²) in [7, 11) is 0. The van der Waals surface area contributed by atoms with Crippen molar-refractivity contribution in [2.75, 3.05) is 6.54 Å². The second kappa shape index (κ2) is 4.48. The predicted octanol–water partition coefficient (Wildman–Crippen LogP) is 2.91. The summed E-state index contributed by atoms with van der Waals surface area (Å²) in [6.07, 6.45) is 6.59. The normalized spacial score (nSPS) is 25.5. The van der Waals surface area contributed by atoms with E-state index >= 15 is 0 Å². The van der Waals surface area contributed by atoms with Gasteiger partial charge in [0.25, 0.3) is 0 Å². The molecule has 2 fully saturated rings. The highest BCUT2D eigenvalue weighted by Gasteiger charge is 2.41. The summed E-state index contributed by atoms with van der Waals surface area (Å²) in [6, 6.07) is 5.55. The van der Waals surface area contributed by atoms with Crippen molar-refractivity contribution in [2.24, 2.45) is 11.8 Å². The lowest BCUT2D eigenvalue weighted by Gasteiger charge is -2.20. The summed E-state index contributed by atoms with van der Waals surface area (Å²) in [5, 5.41) is 3.72. The molecule has 0 saturated heterocycles. The van der Waals surface area contributed by atoms with Crippen molar-refractivity contribution in [3.05, 3.63) is 29.6 Å². The lowest BCUT2D eigenvalue weighted by Crippen LogP contribution is -2.40. The maximum Gasteiger partial charge on any atom is 0.123 e. The smallest absolute Gasteiger partial charge is 0.123 e. The number of ether oxygens (including phenoxy) is 1. The summed E-state index contributed by atoms with van der Waals surface area (Å²) in [6.45, 7) is 0.897. The number of halogens is 1. The van der Waals surface area contributed by atoms with Crippen molar-refractivity contribution in [1.82, 2.24) is 5.32 Å². The van der Waals surface area contributed by atoms with Gasteiger partial charge in [0.2, 0.25) is 0 Å². The minimum absolute atomic E-state index is 0.162. The molecule has 0 spiro atoms. The van der Waals surface area contributed by atoms with Gasteiger partial charge in [-0.05, 0) is 55.7 Å². The molecule has 0 aromatic heterocycles. The Morgan fingerprint density at radius 2 is 1.95 bits per heavy atom. The third kappa shape index (κ3) is 2.48. The molecule has 102 valence electrons. The largest absolute Gasteiger partial charge is 0.488 e. The molecule has 2 aliphatic carbocycles. The first kappa shape index (κ1) is 11.7. The van der Waals surface area contributed by atoms with Gasteiger partial charge in [-0.1, -0.05) is 0 Å². The highest BCUT2D eigenvalue weighted by molar-refractivity contribution is 5.37. The van der Waals surface area contributed by atoms with Gasteiger partial charge in [-0.15, -0.1) is 0 Å². The Kier molecular flexibility index (Phi) is 2.76. The fourth-order valence-electron chi connectivity index (χ4n) is 3.30. The predicted molar refractivity (Wildman–Crippen MR) is 71.8 cm³/mol. The zero-order valence-corrected chi connectivity index (χ0v) is 11.1. The van der Waals surface area contributed by atoms with E-state index in [9.17, 15) is 4.39 Å². The molecule has 3 aliphatic rings. The molecule has 1 unspecified atom stereocenters. The van der Waals surface area contributed by atoms with Crippen molar-refractivity contribution in [3.63, 3.8) is 0 Å². The Labute approximate surface area is 113 Å². The average molecular weight is 261 g/mol. The van der Waals surface area contributed by atoms with Gasteiger partial charge in [0, 0.05) is 24.6 Å². The zero-order chi connectivity index (χ0) is 12.8. The Balaban J connectivity index is 1.35. The van der Waals surface area contributed by atoms with Crippen molar-refractivity contribution >= 4 is 0 Å². The second-order valence-corrected chi connectivity index (χ2v) is 6.30. The highest BCUT2D eigenvalue weighted by Crippen LogP contribution is 2.44. The van der Waals surface area contributed by atoms with Gasteiger partial charge < -0.3 is 10.1 Å². The molecule has 19 heavy (non-hydrogen) atoms. The molecular formula is C16H20FNO. The first-order valence-electron chi connectivity index (χ1n) is 7.48. The van der Waals surface area contributed by atoms with Gasteiger partial charge in [-0.25, -0.2) is 4.39 Å². The van der Waals surface area contributed by atoms with Crippen LogP contribution in [-0.4, -0.2) is 18.7 Å². The maximum absolute atomic E-state index is 13.2. The minimum atomic E-state index is -0.162. The molecule has 0 bridgehead atoms. The Hall–Kier alpha value is -1.09. The summed E-state index contributed by atoms with van der Waals surface area (Å²) in [5.41, 5.74) is 1.01. The van der Waals surface area contributed by atoms with E-state index < -0.39 is 0 Å². The van der Waals surface area contributed by atoms with E-state index in [2.05, 4.69) is 5.32 Å². The van der Waals surface area contributed by atoms with E-state index in [0.29, 0.717) is 6.04 Å². The minimum Gasteiger partial charge on any atom is -0.488 e. The fourth-order valence-corrected chi connectivity index (χ4v) is 3.30. The SMILES string of the molecule is Fc1ccc2c(c1)CC(CNC(C1CC1)C1CC1)O2. The first-order chi connectivity index (χ1) is 9.29. The van der Waals surface area contributed by atoms with Gasteiger partial charge in [-0.2, -0.15) is 0 Å². The van der Waals surface area contributed by atoms with Gasteiger partial charge in [-0.3, -0.25) is 0 Å². The molecule has 3 heteroatoms. The summed E-state index contributed by atoms with van der Waals surface area (Å²) in [5.74, 6) is 2.52. The zero-order valence-electron chi connectivity index (χ0n) is 11.1. The lowest BCUT2D eigenvalue weighted by atomic mass is 10.1. The lowest BCUT2D eigenvalue weighted by molar-refractivity contribution is 0.215. The van der Waals surface area contributed by atoms with Crippen molar-refractivity contribution in [3.8, 4) is 5.75 Å². The summed E-state index contributed by atoms with van der Waals surface area (Å²) < 4.78 is 19.0. The maximum atomic E-state index is 13.2. The first-order valence-corrected chi connectivity index (χ1v) is 7.48. The number of hydrogen-bond donors (Lipinski definition) is 1. The molecule has 4 rings (SSSR count). The Bertz CT molecular complexity index is 470. The number of fused-ring (bicyclic) bond motifs is 1. The van der Waals surface area contributed by atoms with Crippen LogP contribution in [0.1, 0.15) is 31.2 Å². The fraction of sp³-hybridized carbons (Fsp3) is 0.625. The topological polar surface area (TPSA) is 21.3 Å². The molecule has 1 N–H and O–H groups in total. The van der Waals surface area contributed by atoms with Crippen LogP contribution in [0.3, 0.4) is 0 Å². The van der Waals surface area contributed by atoms with Crippen LogP contribution < -0.4 is 10.1 Å². The van der Waals surface area contributed by atoms with Crippen LogP contribution in [0.25, 0.3) is 0 Å².